The Hall–Kier alpha value is -2.31. The maximum atomic E-state index is 12.2. The van der Waals surface area contributed by atoms with Gasteiger partial charge in [-0.1, -0.05) is 30.3 Å². The predicted octanol–water partition coefficient (Wildman–Crippen LogP) is 2.09. The molecule has 0 radical (unpaired) electrons. The van der Waals surface area contributed by atoms with Gasteiger partial charge in [-0.3, -0.25) is 4.79 Å². The van der Waals surface area contributed by atoms with Gasteiger partial charge in [-0.05, 0) is 17.5 Å². The summed E-state index contributed by atoms with van der Waals surface area (Å²) in [6.45, 7) is 3.57. The summed E-state index contributed by atoms with van der Waals surface area (Å²) in [6.07, 6.45) is -3.14. The lowest BCUT2D eigenvalue weighted by atomic mass is 10.0. The normalized spacial score (nSPS) is 12.5. The number of allylic oxidation sites excluding steroid dienone is 1. The van der Waals surface area contributed by atoms with E-state index >= 15 is 0 Å². The van der Waals surface area contributed by atoms with Crippen LogP contribution < -0.4 is 5.32 Å². The van der Waals surface area contributed by atoms with Gasteiger partial charge in [0.2, 0.25) is 0 Å². The van der Waals surface area contributed by atoms with Crippen LogP contribution in [-0.2, 0) is 22.4 Å². The zero-order chi connectivity index (χ0) is 16.0. The second kappa shape index (κ2) is 6.92. The number of halogens is 3. The van der Waals surface area contributed by atoms with Gasteiger partial charge in [0.1, 0.15) is 6.04 Å². The highest BCUT2D eigenvalue weighted by Crippen LogP contribution is 2.15. The molecule has 0 heterocycles. The number of carboxylic acids is 1. The van der Waals surface area contributed by atoms with Gasteiger partial charge in [0.25, 0.3) is 0 Å². The molecule has 0 saturated carbocycles. The number of carbonyl (C=O) groups is 2. The summed E-state index contributed by atoms with van der Waals surface area (Å²) in [5.74, 6) is -3.79. The molecule has 0 saturated heterocycles. The molecule has 1 aromatic rings. The average Bonchev–Trinajstić information content (AvgIpc) is 2.37. The van der Waals surface area contributed by atoms with Gasteiger partial charge >= 0.3 is 18.1 Å². The minimum absolute atomic E-state index is 0.234. The number of carboxylic acid groups (broad SMARTS) is 1. The Bertz CT molecular complexity index is 541. The lowest BCUT2D eigenvalue weighted by molar-refractivity contribution is -0.175. The van der Waals surface area contributed by atoms with Crippen LogP contribution >= 0.6 is 0 Å². The number of hydrogen-bond donors (Lipinski definition) is 2. The molecular formula is C14H14F3NO3. The molecule has 0 fully saturated rings. The number of aliphatic carboxylic acids is 1. The Morgan fingerprint density at radius 3 is 2.48 bits per heavy atom. The SMILES string of the molecule is C=CCc1cccc(C[C@@H](NC(=O)C(F)(F)F)C(=O)O)c1. The molecule has 7 heteroatoms. The number of amides is 1. The lowest BCUT2D eigenvalue weighted by Gasteiger charge is -2.16. The first-order valence-corrected chi connectivity index (χ1v) is 6.03. The molecule has 1 aromatic carbocycles. The highest BCUT2D eigenvalue weighted by molar-refractivity contribution is 5.87. The van der Waals surface area contributed by atoms with Gasteiger partial charge in [0.05, 0.1) is 0 Å². The zero-order valence-corrected chi connectivity index (χ0v) is 11.0. The van der Waals surface area contributed by atoms with Crippen molar-refractivity contribution in [2.45, 2.75) is 25.1 Å². The minimum Gasteiger partial charge on any atom is -0.480 e. The molecule has 0 aliphatic carbocycles. The van der Waals surface area contributed by atoms with E-state index in [0.717, 1.165) is 5.56 Å². The summed E-state index contributed by atoms with van der Waals surface area (Å²) in [5.41, 5.74) is 1.37. The third kappa shape index (κ3) is 5.29. The van der Waals surface area contributed by atoms with Crippen LogP contribution in [0.25, 0.3) is 0 Å². The molecule has 2 N–H and O–H groups in total. The smallest absolute Gasteiger partial charge is 0.471 e. The highest BCUT2D eigenvalue weighted by Gasteiger charge is 2.40. The van der Waals surface area contributed by atoms with Gasteiger partial charge in [-0.15, -0.1) is 6.58 Å². The molecule has 21 heavy (non-hydrogen) atoms. The van der Waals surface area contributed by atoms with E-state index in [2.05, 4.69) is 6.58 Å². The van der Waals surface area contributed by atoms with Crippen molar-refractivity contribution in [3.8, 4) is 0 Å². The molecule has 114 valence electrons. The van der Waals surface area contributed by atoms with Crippen molar-refractivity contribution in [2.24, 2.45) is 0 Å². The minimum atomic E-state index is -5.11. The largest absolute Gasteiger partial charge is 0.480 e. The quantitative estimate of drug-likeness (QED) is 0.791. The van der Waals surface area contributed by atoms with Crippen LogP contribution in [0.1, 0.15) is 11.1 Å². The molecule has 0 aliphatic rings. The maximum absolute atomic E-state index is 12.2. The molecule has 4 nitrogen and oxygen atoms in total. The monoisotopic (exact) mass is 301 g/mol. The van der Waals surface area contributed by atoms with E-state index in [1.807, 2.05) is 0 Å². The fourth-order valence-corrected chi connectivity index (χ4v) is 1.73. The summed E-state index contributed by atoms with van der Waals surface area (Å²) < 4.78 is 36.5. The summed E-state index contributed by atoms with van der Waals surface area (Å²) in [4.78, 5) is 21.8. The Labute approximate surface area is 119 Å². The topological polar surface area (TPSA) is 66.4 Å². The fourth-order valence-electron chi connectivity index (χ4n) is 1.73. The number of rotatable bonds is 6. The zero-order valence-electron chi connectivity index (χ0n) is 11.0. The average molecular weight is 301 g/mol. The molecule has 0 aliphatic heterocycles. The fraction of sp³-hybridized carbons (Fsp3) is 0.286. The van der Waals surface area contributed by atoms with Crippen molar-refractivity contribution in [1.29, 1.82) is 0 Å². The van der Waals surface area contributed by atoms with E-state index in [1.54, 1.807) is 30.3 Å². The van der Waals surface area contributed by atoms with Crippen LogP contribution in [0.2, 0.25) is 0 Å². The van der Waals surface area contributed by atoms with Crippen molar-refractivity contribution in [3.63, 3.8) is 0 Å². The van der Waals surface area contributed by atoms with Crippen molar-refractivity contribution in [3.05, 3.63) is 48.0 Å². The summed E-state index contributed by atoms with van der Waals surface area (Å²) in [6, 6.07) is 5.06. The van der Waals surface area contributed by atoms with E-state index in [4.69, 9.17) is 5.11 Å². The van der Waals surface area contributed by atoms with E-state index in [-0.39, 0.29) is 6.42 Å². The van der Waals surface area contributed by atoms with Crippen molar-refractivity contribution in [1.82, 2.24) is 5.32 Å². The van der Waals surface area contributed by atoms with E-state index in [1.165, 1.54) is 5.32 Å². The van der Waals surface area contributed by atoms with Gasteiger partial charge < -0.3 is 10.4 Å². The number of nitrogens with one attached hydrogen (secondary N) is 1. The summed E-state index contributed by atoms with van der Waals surface area (Å²) in [7, 11) is 0. The van der Waals surface area contributed by atoms with Gasteiger partial charge in [-0.2, -0.15) is 13.2 Å². The van der Waals surface area contributed by atoms with Crippen molar-refractivity contribution >= 4 is 11.9 Å². The third-order valence-electron chi connectivity index (χ3n) is 2.67. The Morgan fingerprint density at radius 1 is 1.33 bits per heavy atom. The first-order valence-electron chi connectivity index (χ1n) is 6.03. The van der Waals surface area contributed by atoms with Crippen molar-refractivity contribution < 1.29 is 27.9 Å². The second-order valence-electron chi connectivity index (χ2n) is 4.38. The molecule has 0 aromatic heterocycles. The molecule has 0 unspecified atom stereocenters. The van der Waals surface area contributed by atoms with Gasteiger partial charge in [-0.25, -0.2) is 4.79 Å². The van der Waals surface area contributed by atoms with E-state index in [9.17, 15) is 22.8 Å². The van der Waals surface area contributed by atoms with Crippen LogP contribution in [0, 0.1) is 0 Å². The standard InChI is InChI=1S/C14H14F3NO3/c1-2-4-9-5-3-6-10(7-9)8-11(12(19)20)18-13(21)14(15,16)17/h2-3,5-7,11H,1,4,8H2,(H,18,21)(H,19,20)/t11-/m1/s1. The van der Waals surface area contributed by atoms with Crippen LogP contribution in [-0.4, -0.2) is 29.2 Å². The summed E-state index contributed by atoms with van der Waals surface area (Å²) >= 11 is 0. The number of benzene rings is 1. The molecular weight excluding hydrogens is 287 g/mol. The van der Waals surface area contributed by atoms with Gasteiger partial charge in [0, 0.05) is 6.42 Å². The molecule has 1 amide bonds. The Kier molecular flexibility index (Phi) is 5.52. The van der Waals surface area contributed by atoms with Crippen molar-refractivity contribution in [2.75, 3.05) is 0 Å². The molecule has 0 bridgehead atoms. The van der Waals surface area contributed by atoms with Crippen LogP contribution in [0.3, 0.4) is 0 Å². The van der Waals surface area contributed by atoms with Gasteiger partial charge in [0.15, 0.2) is 0 Å². The number of hydrogen-bond acceptors (Lipinski definition) is 2. The third-order valence-corrected chi connectivity index (χ3v) is 2.67. The maximum Gasteiger partial charge on any atom is 0.471 e. The first-order chi connectivity index (χ1) is 9.74. The molecule has 1 rings (SSSR count). The number of alkyl halides is 3. The van der Waals surface area contributed by atoms with Crippen LogP contribution in [0.15, 0.2) is 36.9 Å². The molecule has 1 atom stereocenters. The van der Waals surface area contributed by atoms with Crippen LogP contribution in [0.4, 0.5) is 13.2 Å². The van der Waals surface area contributed by atoms with E-state index in [0.29, 0.717) is 12.0 Å². The Morgan fingerprint density at radius 2 is 1.95 bits per heavy atom. The summed E-state index contributed by atoms with van der Waals surface area (Å²) in [5, 5.41) is 10.4. The lowest BCUT2D eigenvalue weighted by Crippen LogP contribution is -2.47. The Balaban J connectivity index is 2.84. The van der Waals surface area contributed by atoms with E-state index < -0.39 is 24.1 Å². The van der Waals surface area contributed by atoms with Crippen LogP contribution in [0.5, 0.6) is 0 Å². The predicted molar refractivity (Wildman–Crippen MR) is 69.7 cm³/mol. The molecule has 0 spiro atoms. The first kappa shape index (κ1) is 16.7. The highest BCUT2D eigenvalue weighted by atomic mass is 19.4. The second-order valence-corrected chi connectivity index (χ2v) is 4.38. The number of carbonyl (C=O) groups excluding carboxylic acids is 1.